The van der Waals surface area contributed by atoms with Crippen LogP contribution in [0.5, 0.6) is 11.5 Å². The molecule has 0 aliphatic rings. The van der Waals surface area contributed by atoms with E-state index in [9.17, 15) is 0 Å². The number of anilines is 1. The van der Waals surface area contributed by atoms with Crippen molar-refractivity contribution in [1.29, 1.82) is 0 Å². The average Bonchev–Trinajstić information content (AvgIpc) is 2.53. The van der Waals surface area contributed by atoms with Crippen molar-refractivity contribution in [3.63, 3.8) is 0 Å². The van der Waals surface area contributed by atoms with Gasteiger partial charge in [-0.15, -0.1) is 0 Å². The van der Waals surface area contributed by atoms with Gasteiger partial charge in [0.2, 0.25) is 0 Å². The molecule has 0 unspecified atom stereocenters. The molecule has 122 valence electrons. The molecule has 2 aromatic rings. The standard InChI is InChI=1S/C18H19Cl2NO2/c1-3-9-23-17-8-5-13(10-18(17)22-4-2)12-21-16-7-6-14(19)11-15(16)20/h3,5-8,10-11,21H,1,4,9,12H2,2H3. The Bertz CT molecular complexity index is 674. The molecular formula is C18H19Cl2NO2. The second kappa shape index (κ2) is 8.70. The second-order valence-electron chi connectivity index (χ2n) is 4.79. The highest BCUT2D eigenvalue weighted by atomic mass is 35.5. The second-order valence-corrected chi connectivity index (χ2v) is 5.64. The van der Waals surface area contributed by atoms with Crippen LogP contribution in [-0.4, -0.2) is 13.2 Å². The van der Waals surface area contributed by atoms with Crippen molar-refractivity contribution < 1.29 is 9.47 Å². The van der Waals surface area contributed by atoms with Crippen LogP contribution in [0.4, 0.5) is 5.69 Å². The van der Waals surface area contributed by atoms with E-state index in [2.05, 4.69) is 11.9 Å². The lowest BCUT2D eigenvalue weighted by atomic mass is 10.2. The Labute approximate surface area is 146 Å². The summed E-state index contributed by atoms with van der Waals surface area (Å²) in [6.45, 7) is 7.22. The van der Waals surface area contributed by atoms with E-state index in [4.69, 9.17) is 32.7 Å². The van der Waals surface area contributed by atoms with E-state index in [1.807, 2.05) is 31.2 Å². The number of nitrogens with one attached hydrogen (secondary N) is 1. The molecule has 5 heteroatoms. The van der Waals surface area contributed by atoms with Crippen molar-refractivity contribution in [1.82, 2.24) is 0 Å². The molecule has 2 rings (SSSR count). The number of halogens is 2. The maximum atomic E-state index is 6.16. The van der Waals surface area contributed by atoms with Crippen LogP contribution in [-0.2, 0) is 6.54 Å². The van der Waals surface area contributed by atoms with Crippen molar-refractivity contribution in [3.05, 3.63) is 64.7 Å². The normalized spacial score (nSPS) is 10.2. The van der Waals surface area contributed by atoms with E-state index in [0.717, 1.165) is 17.0 Å². The average molecular weight is 352 g/mol. The molecule has 0 saturated carbocycles. The molecule has 0 radical (unpaired) electrons. The molecule has 0 bridgehead atoms. The highest BCUT2D eigenvalue weighted by Crippen LogP contribution is 2.30. The number of ether oxygens (including phenoxy) is 2. The zero-order valence-corrected chi connectivity index (χ0v) is 14.5. The Hall–Kier alpha value is -1.84. The van der Waals surface area contributed by atoms with Gasteiger partial charge in [0.15, 0.2) is 11.5 Å². The Kier molecular flexibility index (Phi) is 6.63. The highest BCUT2D eigenvalue weighted by Gasteiger charge is 2.07. The predicted molar refractivity (Wildman–Crippen MR) is 97.1 cm³/mol. The van der Waals surface area contributed by atoms with Gasteiger partial charge in [0.25, 0.3) is 0 Å². The van der Waals surface area contributed by atoms with Gasteiger partial charge in [-0.3, -0.25) is 0 Å². The Morgan fingerprint density at radius 1 is 1.09 bits per heavy atom. The summed E-state index contributed by atoms with van der Waals surface area (Å²) in [5.41, 5.74) is 1.89. The minimum atomic E-state index is 0.443. The number of hydrogen-bond donors (Lipinski definition) is 1. The third-order valence-corrected chi connectivity index (χ3v) is 3.63. The maximum absolute atomic E-state index is 6.16. The van der Waals surface area contributed by atoms with Crippen LogP contribution in [0, 0.1) is 0 Å². The summed E-state index contributed by atoms with van der Waals surface area (Å²) >= 11 is 12.1. The van der Waals surface area contributed by atoms with E-state index in [0.29, 0.717) is 35.6 Å². The van der Waals surface area contributed by atoms with Gasteiger partial charge in [0, 0.05) is 11.6 Å². The third-order valence-electron chi connectivity index (χ3n) is 3.08. The highest BCUT2D eigenvalue weighted by molar-refractivity contribution is 6.36. The monoisotopic (exact) mass is 351 g/mol. The summed E-state index contributed by atoms with van der Waals surface area (Å²) in [4.78, 5) is 0. The van der Waals surface area contributed by atoms with Gasteiger partial charge in [-0.2, -0.15) is 0 Å². The molecule has 0 spiro atoms. The Morgan fingerprint density at radius 3 is 2.61 bits per heavy atom. The van der Waals surface area contributed by atoms with Gasteiger partial charge in [-0.05, 0) is 42.8 Å². The minimum absolute atomic E-state index is 0.443. The van der Waals surface area contributed by atoms with Crippen LogP contribution in [0.1, 0.15) is 12.5 Å². The first-order valence-electron chi connectivity index (χ1n) is 7.32. The predicted octanol–water partition coefficient (Wildman–Crippen LogP) is 5.57. The van der Waals surface area contributed by atoms with Crippen molar-refractivity contribution in [2.75, 3.05) is 18.5 Å². The van der Waals surface area contributed by atoms with Crippen molar-refractivity contribution >= 4 is 28.9 Å². The molecule has 23 heavy (non-hydrogen) atoms. The number of rotatable bonds is 8. The zero-order valence-electron chi connectivity index (χ0n) is 12.9. The lowest BCUT2D eigenvalue weighted by Crippen LogP contribution is -2.03. The lowest BCUT2D eigenvalue weighted by Gasteiger charge is -2.14. The summed E-state index contributed by atoms with van der Waals surface area (Å²) in [5, 5.41) is 4.49. The van der Waals surface area contributed by atoms with Crippen LogP contribution < -0.4 is 14.8 Å². The Balaban J connectivity index is 2.10. The lowest BCUT2D eigenvalue weighted by molar-refractivity contribution is 0.296. The molecular weight excluding hydrogens is 333 g/mol. The summed E-state index contributed by atoms with van der Waals surface area (Å²) in [6, 6.07) is 11.2. The molecule has 0 atom stereocenters. The van der Waals surface area contributed by atoms with Crippen LogP contribution >= 0.6 is 23.2 Å². The summed E-state index contributed by atoms with van der Waals surface area (Å²) in [6.07, 6.45) is 1.70. The fraction of sp³-hybridized carbons (Fsp3) is 0.222. The minimum Gasteiger partial charge on any atom is -0.490 e. The first-order chi connectivity index (χ1) is 11.1. The van der Waals surface area contributed by atoms with E-state index in [1.54, 1.807) is 18.2 Å². The number of hydrogen-bond acceptors (Lipinski definition) is 3. The SMILES string of the molecule is C=CCOc1ccc(CNc2ccc(Cl)cc2Cl)cc1OCC. The van der Waals surface area contributed by atoms with Gasteiger partial charge < -0.3 is 14.8 Å². The van der Waals surface area contributed by atoms with Crippen LogP contribution in [0.25, 0.3) is 0 Å². The van der Waals surface area contributed by atoms with E-state index >= 15 is 0 Å². The smallest absolute Gasteiger partial charge is 0.161 e. The van der Waals surface area contributed by atoms with Gasteiger partial charge in [0.05, 0.1) is 17.3 Å². The zero-order chi connectivity index (χ0) is 16.7. The van der Waals surface area contributed by atoms with Crippen molar-refractivity contribution in [3.8, 4) is 11.5 Å². The first kappa shape index (κ1) is 17.5. The van der Waals surface area contributed by atoms with Crippen molar-refractivity contribution in [2.45, 2.75) is 13.5 Å². The molecule has 0 aromatic heterocycles. The quantitative estimate of drug-likeness (QED) is 0.630. The molecule has 0 aliphatic carbocycles. The van der Waals surface area contributed by atoms with Gasteiger partial charge in [-0.25, -0.2) is 0 Å². The maximum Gasteiger partial charge on any atom is 0.161 e. The molecule has 2 aromatic carbocycles. The molecule has 1 N–H and O–H groups in total. The molecule has 0 aliphatic heterocycles. The first-order valence-corrected chi connectivity index (χ1v) is 8.08. The van der Waals surface area contributed by atoms with Crippen LogP contribution in [0.3, 0.4) is 0 Å². The molecule has 0 fully saturated rings. The largest absolute Gasteiger partial charge is 0.490 e. The van der Waals surface area contributed by atoms with E-state index in [1.165, 1.54) is 0 Å². The van der Waals surface area contributed by atoms with Crippen molar-refractivity contribution in [2.24, 2.45) is 0 Å². The fourth-order valence-corrected chi connectivity index (χ4v) is 2.50. The van der Waals surface area contributed by atoms with Gasteiger partial charge in [-0.1, -0.05) is 41.9 Å². The molecule has 0 heterocycles. The topological polar surface area (TPSA) is 30.5 Å². The third kappa shape index (κ3) is 5.08. The molecule has 0 amide bonds. The van der Waals surface area contributed by atoms with E-state index in [-0.39, 0.29) is 0 Å². The number of benzene rings is 2. The fourth-order valence-electron chi connectivity index (χ4n) is 2.03. The molecule has 3 nitrogen and oxygen atoms in total. The van der Waals surface area contributed by atoms with Gasteiger partial charge in [0.1, 0.15) is 6.61 Å². The summed E-state index contributed by atoms with van der Waals surface area (Å²) < 4.78 is 11.2. The summed E-state index contributed by atoms with van der Waals surface area (Å²) in [7, 11) is 0. The van der Waals surface area contributed by atoms with Crippen LogP contribution in [0.15, 0.2) is 49.1 Å². The van der Waals surface area contributed by atoms with E-state index < -0.39 is 0 Å². The van der Waals surface area contributed by atoms with Gasteiger partial charge >= 0.3 is 0 Å². The Morgan fingerprint density at radius 2 is 1.91 bits per heavy atom. The molecule has 0 saturated heterocycles. The van der Waals surface area contributed by atoms with Crippen LogP contribution in [0.2, 0.25) is 10.0 Å². The summed E-state index contributed by atoms with van der Waals surface area (Å²) in [5.74, 6) is 1.43.